The zero-order chi connectivity index (χ0) is 13.9. The monoisotopic (exact) mass is 273 g/mol. The summed E-state index contributed by atoms with van der Waals surface area (Å²) in [5.41, 5.74) is 1.10. The lowest BCUT2D eigenvalue weighted by Gasteiger charge is -2.19. The Hall–Kier alpha value is -1.81. The van der Waals surface area contributed by atoms with Crippen LogP contribution in [0.25, 0.3) is 0 Å². The number of unbranched alkanes of at least 4 members (excludes halogenated alkanes) is 1. The van der Waals surface area contributed by atoms with E-state index in [4.69, 9.17) is 9.47 Å². The van der Waals surface area contributed by atoms with E-state index in [0.29, 0.717) is 6.61 Å². The molecular weight excluding hydrogens is 254 g/mol. The molecule has 0 N–H and O–H groups in total. The predicted molar refractivity (Wildman–Crippen MR) is 75.1 cm³/mol. The lowest BCUT2D eigenvalue weighted by Crippen LogP contribution is -2.33. The summed E-state index contributed by atoms with van der Waals surface area (Å²) in [5, 5.41) is 0. The van der Waals surface area contributed by atoms with E-state index in [1.54, 1.807) is 4.90 Å². The van der Waals surface area contributed by atoms with Crippen LogP contribution in [-0.4, -0.2) is 29.9 Å². The van der Waals surface area contributed by atoms with Gasteiger partial charge in [-0.05, 0) is 24.8 Å². The highest BCUT2D eigenvalue weighted by Gasteiger charge is 2.50. The van der Waals surface area contributed by atoms with Gasteiger partial charge in [0.25, 0.3) is 0 Å². The molecule has 0 radical (unpaired) electrons. The predicted octanol–water partition coefficient (Wildman–Crippen LogP) is 3.26. The van der Waals surface area contributed by atoms with E-state index in [1.165, 1.54) is 0 Å². The molecule has 1 amide bonds. The molecule has 0 spiro atoms. The number of nitrogens with zero attached hydrogens (tertiary/aromatic N) is 1. The van der Waals surface area contributed by atoms with Crippen LogP contribution in [0.15, 0.2) is 43.0 Å². The van der Waals surface area contributed by atoms with Crippen molar-refractivity contribution < 1.29 is 14.3 Å². The molecule has 2 fully saturated rings. The van der Waals surface area contributed by atoms with Gasteiger partial charge in [-0.1, -0.05) is 36.4 Å². The minimum atomic E-state index is -0.259. The number of hydrogen-bond donors (Lipinski definition) is 0. The second-order valence-electron chi connectivity index (χ2n) is 5.20. The van der Waals surface area contributed by atoms with Crippen LogP contribution in [0.1, 0.15) is 30.9 Å². The number of carbonyl (C=O) groups is 1. The van der Waals surface area contributed by atoms with Crippen molar-refractivity contribution in [1.29, 1.82) is 0 Å². The number of allylic oxidation sites excluding steroid dienone is 1. The molecule has 0 aliphatic carbocycles. The van der Waals surface area contributed by atoms with Gasteiger partial charge in [0, 0.05) is 0 Å². The standard InChI is InChI=1S/C16H19NO3/c1-2-3-5-10-14-15-17(16(18)20-14)13(11-19-15)12-8-6-4-7-9-12/h2,4,6-9,13-15H,1,3,5,10-11H2/t13-,14+,15+/m1/s1. The molecule has 2 saturated heterocycles. The van der Waals surface area contributed by atoms with Gasteiger partial charge in [-0.2, -0.15) is 0 Å². The van der Waals surface area contributed by atoms with E-state index in [9.17, 15) is 4.79 Å². The van der Waals surface area contributed by atoms with Crippen molar-refractivity contribution in [2.45, 2.75) is 37.6 Å². The van der Waals surface area contributed by atoms with Crippen LogP contribution >= 0.6 is 0 Å². The minimum absolute atomic E-state index is 0.0295. The summed E-state index contributed by atoms with van der Waals surface area (Å²) >= 11 is 0. The zero-order valence-corrected chi connectivity index (χ0v) is 11.4. The van der Waals surface area contributed by atoms with Gasteiger partial charge in [-0.15, -0.1) is 6.58 Å². The van der Waals surface area contributed by atoms with Crippen LogP contribution in [-0.2, 0) is 9.47 Å². The second kappa shape index (κ2) is 5.67. The van der Waals surface area contributed by atoms with E-state index in [-0.39, 0.29) is 24.5 Å². The van der Waals surface area contributed by atoms with E-state index in [1.807, 2.05) is 36.4 Å². The summed E-state index contributed by atoms with van der Waals surface area (Å²) in [7, 11) is 0. The molecule has 2 aliphatic heterocycles. The summed E-state index contributed by atoms with van der Waals surface area (Å²) in [6.07, 6.45) is 3.95. The van der Waals surface area contributed by atoms with Gasteiger partial charge in [0.05, 0.1) is 12.6 Å². The number of ether oxygens (including phenoxy) is 2. The summed E-state index contributed by atoms with van der Waals surface area (Å²) < 4.78 is 11.3. The quantitative estimate of drug-likeness (QED) is 0.610. The van der Waals surface area contributed by atoms with Crippen LogP contribution in [0, 0.1) is 0 Å². The van der Waals surface area contributed by atoms with E-state index < -0.39 is 0 Å². The summed E-state index contributed by atoms with van der Waals surface area (Å²) in [5.74, 6) is 0. The highest BCUT2D eigenvalue weighted by atomic mass is 16.6. The third-order valence-electron chi connectivity index (χ3n) is 3.90. The van der Waals surface area contributed by atoms with Gasteiger partial charge >= 0.3 is 6.09 Å². The van der Waals surface area contributed by atoms with Crippen molar-refractivity contribution in [1.82, 2.24) is 4.90 Å². The largest absolute Gasteiger partial charge is 0.441 e. The van der Waals surface area contributed by atoms with Crippen molar-refractivity contribution in [3.63, 3.8) is 0 Å². The third kappa shape index (κ3) is 2.31. The number of benzene rings is 1. The maximum atomic E-state index is 12.1. The van der Waals surface area contributed by atoms with Gasteiger partial charge in [0.2, 0.25) is 0 Å². The van der Waals surface area contributed by atoms with Crippen molar-refractivity contribution >= 4 is 6.09 Å². The topological polar surface area (TPSA) is 38.8 Å². The highest BCUT2D eigenvalue weighted by molar-refractivity contribution is 5.71. The first-order valence-corrected chi connectivity index (χ1v) is 7.07. The van der Waals surface area contributed by atoms with E-state index in [2.05, 4.69) is 6.58 Å². The molecule has 0 unspecified atom stereocenters. The fourth-order valence-corrected chi connectivity index (χ4v) is 2.89. The lowest BCUT2D eigenvalue weighted by molar-refractivity contribution is 0.00551. The Labute approximate surface area is 119 Å². The smallest absolute Gasteiger partial charge is 0.413 e. The Morgan fingerprint density at radius 1 is 1.35 bits per heavy atom. The van der Waals surface area contributed by atoms with Crippen molar-refractivity contribution in [3.05, 3.63) is 48.6 Å². The first kappa shape index (κ1) is 13.2. The average Bonchev–Trinajstić information content (AvgIpc) is 3.03. The molecule has 4 heteroatoms. The molecule has 3 atom stereocenters. The van der Waals surface area contributed by atoms with Crippen LogP contribution in [0.2, 0.25) is 0 Å². The van der Waals surface area contributed by atoms with Gasteiger partial charge < -0.3 is 9.47 Å². The summed E-state index contributed by atoms with van der Waals surface area (Å²) in [6.45, 7) is 4.25. The maximum Gasteiger partial charge on any atom is 0.413 e. The number of rotatable bonds is 5. The minimum Gasteiger partial charge on any atom is -0.441 e. The molecule has 2 aliphatic rings. The number of fused-ring (bicyclic) bond motifs is 1. The van der Waals surface area contributed by atoms with Gasteiger partial charge in [0.15, 0.2) is 6.23 Å². The van der Waals surface area contributed by atoms with E-state index in [0.717, 1.165) is 24.8 Å². The van der Waals surface area contributed by atoms with Crippen molar-refractivity contribution in [2.24, 2.45) is 0 Å². The first-order chi connectivity index (χ1) is 9.81. The van der Waals surface area contributed by atoms with Crippen LogP contribution < -0.4 is 0 Å². The molecule has 3 rings (SSSR count). The van der Waals surface area contributed by atoms with Gasteiger partial charge in [-0.3, -0.25) is 4.90 Å². The van der Waals surface area contributed by atoms with Gasteiger partial charge in [-0.25, -0.2) is 4.79 Å². The molecular formula is C16H19NO3. The molecule has 1 aromatic rings. The highest BCUT2D eigenvalue weighted by Crippen LogP contribution is 2.38. The molecule has 0 bridgehead atoms. The van der Waals surface area contributed by atoms with E-state index >= 15 is 0 Å². The Kier molecular flexibility index (Phi) is 3.74. The normalized spacial score (nSPS) is 28.3. The Morgan fingerprint density at radius 2 is 2.15 bits per heavy atom. The van der Waals surface area contributed by atoms with Crippen LogP contribution in [0.3, 0.4) is 0 Å². The maximum absolute atomic E-state index is 12.1. The molecule has 4 nitrogen and oxygen atoms in total. The lowest BCUT2D eigenvalue weighted by atomic mass is 10.1. The molecule has 20 heavy (non-hydrogen) atoms. The van der Waals surface area contributed by atoms with Gasteiger partial charge in [0.1, 0.15) is 6.10 Å². The third-order valence-corrected chi connectivity index (χ3v) is 3.90. The fourth-order valence-electron chi connectivity index (χ4n) is 2.89. The fraction of sp³-hybridized carbons (Fsp3) is 0.438. The summed E-state index contributed by atoms with van der Waals surface area (Å²) in [6, 6.07) is 9.94. The Bertz CT molecular complexity index is 488. The first-order valence-electron chi connectivity index (χ1n) is 7.07. The number of cyclic esters (lactones) is 1. The second-order valence-corrected chi connectivity index (χ2v) is 5.20. The molecule has 1 aromatic carbocycles. The van der Waals surface area contributed by atoms with Crippen LogP contribution in [0.4, 0.5) is 4.79 Å². The number of carbonyl (C=O) groups excluding carboxylic acids is 1. The Balaban J connectivity index is 1.72. The number of hydrogen-bond acceptors (Lipinski definition) is 3. The Morgan fingerprint density at radius 3 is 2.90 bits per heavy atom. The average molecular weight is 273 g/mol. The molecule has 0 saturated carbocycles. The van der Waals surface area contributed by atoms with Crippen molar-refractivity contribution in [2.75, 3.05) is 6.61 Å². The zero-order valence-electron chi connectivity index (χ0n) is 11.4. The van der Waals surface area contributed by atoms with Crippen LogP contribution in [0.5, 0.6) is 0 Å². The molecule has 0 aromatic heterocycles. The molecule has 106 valence electrons. The molecule has 2 heterocycles. The van der Waals surface area contributed by atoms with Crippen molar-refractivity contribution in [3.8, 4) is 0 Å². The SMILES string of the molecule is C=CCCC[C@@H]1OC(=O)N2[C@@H](c3ccccc3)CO[C@@H]12. The summed E-state index contributed by atoms with van der Waals surface area (Å²) in [4.78, 5) is 13.8. The number of amides is 1.